The van der Waals surface area contributed by atoms with Crippen molar-refractivity contribution in [1.82, 2.24) is 4.72 Å². The molecule has 3 atom stereocenters. The minimum Gasteiger partial charge on any atom is -0.324 e. The molecule has 3 N–H and O–H groups in total. The molecule has 1 fully saturated rings. The van der Waals surface area contributed by atoms with Crippen molar-refractivity contribution in [2.45, 2.75) is 56.5 Å². The van der Waals surface area contributed by atoms with Crippen molar-refractivity contribution in [2.24, 2.45) is 11.7 Å². The Hall–Kier alpha value is -0.910. The van der Waals surface area contributed by atoms with Gasteiger partial charge < -0.3 is 5.73 Å². The van der Waals surface area contributed by atoms with Crippen LogP contribution in [0.2, 0.25) is 0 Å². The van der Waals surface area contributed by atoms with Crippen LogP contribution in [0.5, 0.6) is 0 Å². The molecule has 2 rings (SSSR count). The van der Waals surface area contributed by atoms with E-state index in [1.165, 1.54) is 0 Å². The first-order valence-corrected chi connectivity index (χ1v) is 8.84. The summed E-state index contributed by atoms with van der Waals surface area (Å²) in [4.78, 5) is 0.320. The second kappa shape index (κ2) is 6.24. The number of hydrogen-bond donors (Lipinski definition) is 2. The van der Waals surface area contributed by atoms with Crippen LogP contribution in [-0.2, 0) is 10.0 Å². The normalized spacial score (nSPS) is 23.6. The van der Waals surface area contributed by atoms with Gasteiger partial charge in [0.1, 0.15) is 0 Å². The maximum Gasteiger partial charge on any atom is 0.240 e. The van der Waals surface area contributed by atoms with E-state index in [1.807, 2.05) is 13.0 Å². The summed E-state index contributed by atoms with van der Waals surface area (Å²) in [6, 6.07) is 6.96. The van der Waals surface area contributed by atoms with E-state index in [9.17, 15) is 8.42 Å². The highest BCUT2D eigenvalue weighted by Crippen LogP contribution is 2.35. The molecule has 1 aliphatic carbocycles. The van der Waals surface area contributed by atoms with Crippen LogP contribution in [0.1, 0.15) is 51.1 Å². The summed E-state index contributed by atoms with van der Waals surface area (Å²) in [7, 11) is -3.42. The lowest BCUT2D eigenvalue weighted by atomic mass is 10.1. The van der Waals surface area contributed by atoms with Crippen molar-refractivity contribution in [3.63, 3.8) is 0 Å². The summed E-state index contributed by atoms with van der Waals surface area (Å²) in [5, 5.41) is 0. The third-order valence-electron chi connectivity index (χ3n) is 3.92. The Morgan fingerprint density at radius 1 is 1.40 bits per heavy atom. The van der Waals surface area contributed by atoms with Crippen LogP contribution in [0.3, 0.4) is 0 Å². The van der Waals surface area contributed by atoms with Crippen molar-refractivity contribution >= 4 is 10.0 Å². The summed E-state index contributed by atoms with van der Waals surface area (Å²) in [5.41, 5.74) is 6.84. The zero-order valence-corrected chi connectivity index (χ0v) is 13.0. The maximum absolute atomic E-state index is 12.3. The number of benzene rings is 1. The van der Waals surface area contributed by atoms with Gasteiger partial charge in [-0.15, -0.1) is 0 Å². The molecule has 0 bridgehead atoms. The molecule has 1 saturated carbocycles. The van der Waals surface area contributed by atoms with E-state index in [0.29, 0.717) is 10.8 Å². The van der Waals surface area contributed by atoms with E-state index in [2.05, 4.69) is 11.6 Å². The van der Waals surface area contributed by atoms with Gasteiger partial charge in [-0.25, -0.2) is 13.1 Å². The van der Waals surface area contributed by atoms with Crippen molar-refractivity contribution in [1.29, 1.82) is 0 Å². The van der Waals surface area contributed by atoms with Crippen LogP contribution < -0.4 is 10.5 Å². The molecule has 0 aliphatic heterocycles. The average Bonchev–Trinajstić information content (AvgIpc) is 3.15. The van der Waals surface area contributed by atoms with Gasteiger partial charge in [-0.05, 0) is 42.9 Å². The van der Waals surface area contributed by atoms with Gasteiger partial charge in [-0.1, -0.05) is 32.4 Å². The molecule has 0 aromatic heterocycles. The number of nitrogens with one attached hydrogen (secondary N) is 1. The summed E-state index contributed by atoms with van der Waals surface area (Å²) < 4.78 is 27.5. The largest absolute Gasteiger partial charge is 0.324 e. The van der Waals surface area contributed by atoms with E-state index in [0.717, 1.165) is 31.2 Å². The second-order valence-electron chi connectivity index (χ2n) is 5.60. The topological polar surface area (TPSA) is 72.2 Å². The first kappa shape index (κ1) is 15.5. The molecule has 0 saturated heterocycles. The lowest BCUT2D eigenvalue weighted by Gasteiger charge is -2.12. The van der Waals surface area contributed by atoms with Crippen molar-refractivity contribution in [2.75, 3.05) is 0 Å². The molecule has 5 heteroatoms. The second-order valence-corrected chi connectivity index (χ2v) is 7.31. The monoisotopic (exact) mass is 296 g/mol. The maximum atomic E-state index is 12.3. The van der Waals surface area contributed by atoms with Gasteiger partial charge >= 0.3 is 0 Å². The molecule has 0 heterocycles. The Morgan fingerprint density at radius 3 is 2.80 bits per heavy atom. The smallest absolute Gasteiger partial charge is 0.240 e. The fourth-order valence-corrected chi connectivity index (χ4v) is 3.87. The number of sulfonamides is 1. The summed E-state index contributed by atoms with van der Waals surface area (Å²) in [5.74, 6) is 0.510. The van der Waals surface area contributed by atoms with Crippen LogP contribution in [0.15, 0.2) is 29.2 Å². The molecule has 20 heavy (non-hydrogen) atoms. The summed E-state index contributed by atoms with van der Waals surface area (Å²) in [6.45, 7) is 4.11. The van der Waals surface area contributed by atoms with Gasteiger partial charge in [-0.3, -0.25) is 0 Å². The molecule has 0 radical (unpaired) electrons. The van der Waals surface area contributed by atoms with Gasteiger partial charge in [0.2, 0.25) is 10.0 Å². The van der Waals surface area contributed by atoms with Crippen LogP contribution in [0, 0.1) is 5.92 Å². The lowest BCUT2D eigenvalue weighted by molar-refractivity contribution is 0.572. The molecule has 112 valence electrons. The third kappa shape index (κ3) is 3.59. The van der Waals surface area contributed by atoms with Crippen LogP contribution in [0.25, 0.3) is 0 Å². The summed E-state index contributed by atoms with van der Waals surface area (Å²) in [6.07, 6.45) is 3.94. The van der Waals surface area contributed by atoms with Gasteiger partial charge in [0, 0.05) is 12.1 Å². The number of nitrogens with two attached hydrogens (primary N) is 1. The van der Waals surface area contributed by atoms with E-state index < -0.39 is 10.0 Å². The Balaban J connectivity index is 2.10. The quantitative estimate of drug-likeness (QED) is 0.812. The van der Waals surface area contributed by atoms with E-state index in [-0.39, 0.29) is 12.1 Å². The van der Waals surface area contributed by atoms with Gasteiger partial charge in [0.25, 0.3) is 0 Å². The fraction of sp³-hybridized carbons (Fsp3) is 0.600. The Bertz CT molecular complexity index is 557. The highest BCUT2D eigenvalue weighted by molar-refractivity contribution is 7.89. The summed E-state index contributed by atoms with van der Waals surface area (Å²) >= 11 is 0. The van der Waals surface area contributed by atoms with E-state index in [4.69, 9.17) is 5.73 Å². The minimum absolute atomic E-state index is 0.112. The molecular formula is C15H24N2O2S. The lowest BCUT2D eigenvalue weighted by Crippen LogP contribution is -2.27. The van der Waals surface area contributed by atoms with E-state index >= 15 is 0 Å². The van der Waals surface area contributed by atoms with Gasteiger partial charge in [0.05, 0.1) is 4.90 Å². The van der Waals surface area contributed by atoms with Crippen molar-refractivity contribution in [3.8, 4) is 0 Å². The minimum atomic E-state index is -3.42. The first-order chi connectivity index (χ1) is 9.47. The molecule has 0 amide bonds. The zero-order valence-electron chi connectivity index (χ0n) is 12.2. The van der Waals surface area contributed by atoms with Crippen LogP contribution in [0.4, 0.5) is 0 Å². The molecule has 4 nitrogen and oxygen atoms in total. The van der Waals surface area contributed by atoms with Crippen LogP contribution >= 0.6 is 0 Å². The highest BCUT2D eigenvalue weighted by atomic mass is 32.2. The fourth-order valence-electron chi connectivity index (χ4n) is 2.50. The standard InChI is InChI=1S/C15H24N2O2S/c1-3-6-12-10-15(12)17-20(18,19)13-8-5-7-11(9-13)14(16)4-2/h5,7-9,12,14-15,17H,3-4,6,10,16H2,1-2H3. The predicted octanol–water partition coefficient (Wildman–Crippen LogP) is 2.56. The Kier molecular flexibility index (Phi) is 4.83. The molecule has 1 aromatic rings. The third-order valence-corrected chi connectivity index (χ3v) is 5.41. The SMILES string of the molecule is CCCC1CC1NS(=O)(=O)c1cccc(C(N)CC)c1. The first-order valence-electron chi connectivity index (χ1n) is 7.35. The average molecular weight is 296 g/mol. The highest BCUT2D eigenvalue weighted by Gasteiger charge is 2.39. The van der Waals surface area contributed by atoms with Crippen molar-refractivity contribution in [3.05, 3.63) is 29.8 Å². The predicted molar refractivity (Wildman–Crippen MR) is 80.8 cm³/mol. The van der Waals surface area contributed by atoms with Crippen molar-refractivity contribution < 1.29 is 8.42 Å². The molecule has 1 aromatic carbocycles. The van der Waals surface area contributed by atoms with Gasteiger partial charge in [-0.2, -0.15) is 0 Å². The molecule has 3 unspecified atom stereocenters. The molecule has 1 aliphatic rings. The Labute approximate surface area is 121 Å². The van der Waals surface area contributed by atoms with Crippen LogP contribution in [-0.4, -0.2) is 14.5 Å². The van der Waals surface area contributed by atoms with E-state index in [1.54, 1.807) is 18.2 Å². The zero-order chi connectivity index (χ0) is 14.8. The number of hydrogen-bond acceptors (Lipinski definition) is 3. The molecule has 0 spiro atoms. The number of rotatable bonds is 7. The van der Waals surface area contributed by atoms with Gasteiger partial charge in [0.15, 0.2) is 0 Å². The Morgan fingerprint density at radius 2 is 2.15 bits per heavy atom. The molecular weight excluding hydrogens is 272 g/mol.